The normalized spacial score (nSPS) is 13.0. The molecule has 32 heavy (non-hydrogen) atoms. The minimum absolute atomic E-state index is 0.724. The molecule has 0 radical (unpaired) electrons. The van der Waals surface area contributed by atoms with E-state index in [2.05, 4.69) is 47.2 Å². The molecule has 1 aromatic carbocycles. The number of methoxy groups -OCH3 is 1. The molecule has 0 aliphatic carbocycles. The SMILES string of the molecule is CCCCCBr.CCCCCOc1cc(C=Cc2nc3c(s2)NCCCC3)ccc1OC. The molecule has 0 saturated carbocycles. The Morgan fingerprint density at radius 3 is 2.59 bits per heavy atom. The average molecular weight is 524 g/mol. The van der Waals surface area contributed by atoms with E-state index in [9.17, 15) is 0 Å². The zero-order valence-electron chi connectivity index (χ0n) is 19.9. The van der Waals surface area contributed by atoms with Gasteiger partial charge < -0.3 is 14.8 Å². The van der Waals surface area contributed by atoms with Crippen LogP contribution in [-0.2, 0) is 6.42 Å². The topological polar surface area (TPSA) is 43.4 Å². The minimum Gasteiger partial charge on any atom is -0.493 e. The molecule has 0 amide bonds. The maximum atomic E-state index is 5.92. The van der Waals surface area contributed by atoms with E-state index >= 15 is 0 Å². The Bertz CT molecular complexity index is 780. The number of hydrogen-bond acceptors (Lipinski definition) is 5. The fourth-order valence-electron chi connectivity index (χ4n) is 3.32. The van der Waals surface area contributed by atoms with Gasteiger partial charge in [0, 0.05) is 11.9 Å². The fraction of sp³-hybridized carbons (Fsp3) is 0.577. The van der Waals surface area contributed by atoms with Crippen LogP contribution in [0.3, 0.4) is 0 Å². The van der Waals surface area contributed by atoms with E-state index in [1.165, 1.54) is 61.0 Å². The summed E-state index contributed by atoms with van der Waals surface area (Å²) in [6.45, 7) is 6.18. The smallest absolute Gasteiger partial charge is 0.161 e. The monoisotopic (exact) mass is 522 g/mol. The Labute approximate surface area is 207 Å². The number of anilines is 1. The van der Waals surface area contributed by atoms with Gasteiger partial charge in [-0.3, -0.25) is 0 Å². The molecule has 2 aromatic rings. The molecule has 0 atom stereocenters. The van der Waals surface area contributed by atoms with Crippen LogP contribution in [0.2, 0.25) is 0 Å². The van der Waals surface area contributed by atoms with E-state index in [1.54, 1.807) is 18.4 Å². The van der Waals surface area contributed by atoms with Crippen molar-refractivity contribution in [2.24, 2.45) is 0 Å². The van der Waals surface area contributed by atoms with Gasteiger partial charge in [0.2, 0.25) is 0 Å². The minimum atomic E-state index is 0.724. The summed E-state index contributed by atoms with van der Waals surface area (Å²) in [7, 11) is 1.68. The van der Waals surface area contributed by atoms with Crippen LogP contribution in [0.15, 0.2) is 18.2 Å². The van der Waals surface area contributed by atoms with Gasteiger partial charge in [-0.25, -0.2) is 4.98 Å². The lowest BCUT2D eigenvalue weighted by Crippen LogP contribution is -1.99. The van der Waals surface area contributed by atoms with E-state index in [0.29, 0.717) is 0 Å². The maximum Gasteiger partial charge on any atom is 0.161 e. The van der Waals surface area contributed by atoms with Crippen LogP contribution in [0.4, 0.5) is 5.00 Å². The van der Waals surface area contributed by atoms with Gasteiger partial charge in [0.1, 0.15) is 10.0 Å². The Hall–Kier alpha value is -1.53. The molecule has 0 unspecified atom stereocenters. The van der Waals surface area contributed by atoms with Crippen LogP contribution in [0.25, 0.3) is 12.2 Å². The standard InChI is InChI=1S/C21H28N2O2S.C5H11Br/c1-3-4-7-14-25-19-15-16(9-11-18(19)24-2)10-12-20-23-17-8-5-6-13-22-21(17)26-20;1-2-3-4-5-6/h9-12,15,22H,3-8,13-14H2,1-2H3;2-5H2,1H3. The highest BCUT2D eigenvalue weighted by atomic mass is 79.9. The van der Waals surface area contributed by atoms with Gasteiger partial charge in [-0.15, -0.1) is 0 Å². The molecule has 0 spiro atoms. The summed E-state index contributed by atoms with van der Waals surface area (Å²) in [6, 6.07) is 6.05. The quantitative estimate of drug-likeness (QED) is 0.238. The van der Waals surface area contributed by atoms with Gasteiger partial charge >= 0.3 is 0 Å². The highest BCUT2D eigenvalue weighted by Crippen LogP contribution is 2.31. The molecular formula is C26H39BrN2O2S. The number of hydrogen-bond donors (Lipinski definition) is 1. The van der Waals surface area contributed by atoms with Crippen molar-refractivity contribution in [3.05, 3.63) is 34.5 Å². The first-order valence-electron chi connectivity index (χ1n) is 12.0. The van der Waals surface area contributed by atoms with Crippen molar-refractivity contribution in [3.8, 4) is 11.5 Å². The first kappa shape index (κ1) is 26.7. The number of halogens is 1. The lowest BCUT2D eigenvalue weighted by atomic mass is 10.2. The number of nitrogens with one attached hydrogen (secondary N) is 1. The molecule has 4 nitrogen and oxygen atoms in total. The number of rotatable bonds is 11. The number of unbranched alkanes of at least 4 members (excludes halogenated alkanes) is 4. The lowest BCUT2D eigenvalue weighted by Gasteiger charge is -2.11. The lowest BCUT2D eigenvalue weighted by molar-refractivity contribution is 0.286. The van der Waals surface area contributed by atoms with E-state index in [4.69, 9.17) is 14.5 Å². The van der Waals surface area contributed by atoms with Crippen LogP contribution in [0, 0.1) is 0 Å². The van der Waals surface area contributed by atoms with Gasteiger partial charge in [0.15, 0.2) is 11.5 Å². The molecule has 6 heteroatoms. The Morgan fingerprint density at radius 1 is 1.06 bits per heavy atom. The third kappa shape index (κ3) is 9.53. The van der Waals surface area contributed by atoms with Crippen molar-refractivity contribution >= 4 is 44.4 Å². The van der Waals surface area contributed by atoms with Crippen LogP contribution >= 0.6 is 27.3 Å². The highest BCUT2D eigenvalue weighted by molar-refractivity contribution is 9.09. The van der Waals surface area contributed by atoms with E-state index in [1.807, 2.05) is 18.2 Å². The van der Waals surface area contributed by atoms with E-state index in [-0.39, 0.29) is 0 Å². The van der Waals surface area contributed by atoms with Crippen molar-refractivity contribution in [1.29, 1.82) is 0 Å². The largest absolute Gasteiger partial charge is 0.493 e. The Morgan fingerprint density at radius 2 is 1.88 bits per heavy atom. The molecule has 1 aromatic heterocycles. The molecule has 0 fully saturated rings. The van der Waals surface area contributed by atoms with Gasteiger partial charge in [0.05, 0.1) is 19.4 Å². The number of aromatic nitrogens is 1. The predicted molar refractivity (Wildman–Crippen MR) is 144 cm³/mol. The number of benzene rings is 1. The number of fused-ring (bicyclic) bond motifs is 1. The van der Waals surface area contributed by atoms with Crippen molar-refractivity contribution in [2.75, 3.05) is 30.9 Å². The predicted octanol–water partition coefficient (Wildman–Crippen LogP) is 8.21. The second-order valence-electron chi connectivity index (χ2n) is 7.91. The summed E-state index contributed by atoms with van der Waals surface area (Å²) in [4.78, 5) is 4.77. The molecule has 3 rings (SSSR count). The van der Waals surface area contributed by atoms with Crippen molar-refractivity contribution < 1.29 is 9.47 Å². The van der Waals surface area contributed by atoms with Crippen LogP contribution in [0.1, 0.15) is 81.5 Å². The molecule has 1 N–H and O–H groups in total. The zero-order chi connectivity index (χ0) is 23.0. The average Bonchev–Trinajstić information content (AvgIpc) is 3.08. The first-order valence-corrected chi connectivity index (χ1v) is 13.9. The summed E-state index contributed by atoms with van der Waals surface area (Å²) >= 11 is 5.08. The number of ether oxygens (including phenoxy) is 2. The summed E-state index contributed by atoms with van der Waals surface area (Å²) in [5, 5.41) is 6.93. The number of aryl methyl sites for hydroxylation is 1. The maximum absolute atomic E-state index is 5.92. The van der Waals surface area contributed by atoms with Crippen molar-refractivity contribution in [2.45, 2.75) is 71.6 Å². The summed E-state index contributed by atoms with van der Waals surface area (Å²) < 4.78 is 11.3. The third-order valence-electron chi connectivity index (χ3n) is 5.19. The third-order valence-corrected chi connectivity index (χ3v) is 6.77. The highest BCUT2D eigenvalue weighted by Gasteiger charge is 2.12. The Balaban J connectivity index is 0.000000534. The fourth-order valence-corrected chi connectivity index (χ4v) is 4.66. The van der Waals surface area contributed by atoms with Crippen LogP contribution in [0.5, 0.6) is 11.5 Å². The van der Waals surface area contributed by atoms with E-state index in [0.717, 1.165) is 48.1 Å². The second-order valence-corrected chi connectivity index (χ2v) is 9.73. The molecule has 1 aliphatic heterocycles. The molecule has 0 saturated heterocycles. The van der Waals surface area contributed by atoms with Crippen LogP contribution < -0.4 is 14.8 Å². The first-order chi connectivity index (χ1) is 15.7. The summed E-state index contributed by atoms with van der Waals surface area (Å²) in [5.41, 5.74) is 2.30. The van der Waals surface area contributed by atoms with Crippen LogP contribution in [-0.4, -0.2) is 30.6 Å². The summed E-state index contributed by atoms with van der Waals surface area (Å²) in [6.07, 6.45) is 15.2. The van der Waals surface area contributed by atoms with Gasteiger partial charge in [-0.1, -0.05) is 78.9 Å². The zero-order valence-corrected chi connectivity index (χ0v) is 22.3. The second kappa shape index (κ2) is 16.1. The van der Waals surface area contributed by atoms with Gasteiger partial charge in [-0.2, -0.15) is 0 Å². The van der Waals surface area contributed by atoms with Crippen molar-refractivity contribution in [1.82, 2.24) is 4.98 Å². The number of thiazole rings is 1. The molecule has 1 aliphatic rings. The van der Waals surface area contributed by atoms with E-state index < -0.39 is 0 Å². The Kier molecular flexibility index (Phi) is 13.5. The summed E-state index contributed by atoms with van der Waals surface area (Å²) in [5.74, 6) is 1.59. The molecular weight excluding hydrogens is 484 g/mol. The molecule has 178 valence electrons. The number of nitrogens with zero attached hydrogens (tertiary/aromatic N) is 1. The number of alkyl halides is 1. The van der Waals surface area contributed by atoms with Crippen molar-refractivity contribution in [3.63, 3.8) is 0 Å². The van der Waals surface area contributed by atoms with Gasteiger partial charge in [-0.05, 0) is 55.9 Å². The molecule has 2 heterocycles. The molecule has 0 bridgehead atoms. The van der Waals surface area contributed by atoms with Gasteiger partial charge in [0.25, 0.3) is 0 Å².